The summed E-state index contributed by atoms with van der Waals surface area (Å²) in [7, 11) is 0. The lowest BCUT2D eigenvalue weighted by molar-refractivity contribution is -0.136. The van der Waals surface area contributed by atoms with E-state index in [1.807, 2.05) is 27.7 Å². The van der Waals surface area contributed by atoms with E-state index in [1.165, 1.54) is 27.7 Å². The Morgan fingerprint density at radius 1 is 0.265 bits per heavy atom. The fourth-order valence-electron chi connectivity index (χ4n) is 12.1. The normalized spacial score (nSPS) is 15.6. The maximum absolute atomic E-state index is 14.3. The average molecular weight is 1610 g/mol. The predicted molar refractivity (Wildman–Crippen MR) is 432 cm³/mol. The van der Waals surface area contributed by atoms with Crippen LogP contribution in [0.4, 0.5) is 0 Å². The molecule has 0 saturated carbocycles. The van der Waals surface area contributed by atoms with Gasteiger partial charge in [0.25, 0.3) is 0 Å². The molecule has 16 atom stereocenters. The average Bonchev–Trinajstić information content (AvgIpc) is 0.854. The summed E-state index contributed by atoms with van der Waals surface area (Å²) in [4.78, 5) is 220. The first-order valence-electron chi connectivity index (χ1n) is 40.9. The summed E-state index contributed by atoms with van der Waals surface area (Å²) in [6, 6.07) is -17.6. The van der Waals surface area contributed by atoms with Crippen LogP contribution in [-0.4, -0.2) is 199 Å². The maximum Gasteiger partial charge on any atom is 0.243 e. The van der Waals surface area contributed by atoms with Gasteiger partial charge in [-0.05, 0) is 173 Å². The first kappa shape index (κ1) is 104. The summed E-state index contributed by atoms with van der Waals surface area (Å²) in [5.41, 5.74) is 28.5. The molecule has 16 amide bonds. The number of nitrogens with one attached hydrogen (secondary N) is 14. The summed E-state index contributed by atoms with van der Waals surface area (Å²) < 4.78 is 0. The third-order valence-electron chi connectivity index (χ3n) is 19.3. The Hall–Kier alpha value is -8.60. The van der Waals surface area contributed by atoms with Crippen LogP contribution < -0.4 is 103 Å². The van der Waals surface area contributed by atoms with Crippen molar-refractivity contribution in [2.24, 2.45) is 64.2 Å². The van der Waals surface area contributed by atoms with Crippen LogP contribution in [0.15, 0.2) is 0 Å². The SMILES string of the molecule is CCCCCCCC(=O)N[C@H](C(=O)N[C@@H](CC(N)=O)C(=O)N[C@@H](CC(C)C)C(=O)N[C@@H](CCCCN)C(=O)N[C@@H](C)C(=O)N[C@@H](CC(C)C)C(=O)N[C@@H](C)C(=O)N[C@@H](C)C(=O)N[C@@H](CC(C)C)C(=O)N[C@@H](C)C(=O)N[C@@H](CCCCN)C(=O)N[C@@H](CCCCN)C(=O)N[C@H](C(=O)N[C@@H](CC(C)C)C(N)=O)[C@@H](C)CC)[C@@H](C)CC. The van der Waals surface area contributed by atoms with E-state index in [2.05, 4.69) is 81.4 Å². The molecule has 0 radical (unpaired) electrons. The zero-order chi connectivity index (χ0) is 86.4. The van der Waals surface area contributed by atoms with E-state index in [-0.39, 0.29) is 106 Å². The molecular weight excluding hydrogens is 1460 g/mol. The number of carbonyl (C=O) groups is 16. The Balaban J connectivity index is 6.45. The minimum atomic E-state index is -1.56. The van der Waals surface area contributed by atoms with Gasteiger partial charge in [0, 0.05) is 6.42 Å². The Bertz CT molecular complexity index is 3030. The Kier molecular flexibility index (Phi) is 52.3. The molecule has 0 unspecified atom stereocenters. The molecule has 0 aromatic heterocycles. The quantitative estimate of drug-likeness (QED) is 0.0363. The van der Waals surface area contributed by atoms with Crippen LogP contribution >= 0.6 is 0 Å². The zero-order valence-electron chi connectivity index (χ0n) is 70.6. The van der Waals surface area contributed by atoms with Crippen molar-refractivity contribution in [3.05, 3.63) is 0 Å². The van der Waals surface area contributed by atoms with Crippen LogP contribution in [0.3, 0.4) is 0 Å². The molecule has 0 rings (SSSR count). The number of hydrogen-bond donors (Lipinski definition) is 19. The van der Waals surface area contributed by atoms with Gasteiger partial charge >= 0.3 is 0 Å². The largest absolute Gasteiger partial charge is 0.370 e. The monoisotopic (exact) mass is 1600 g/mol. The Labute approximate surface area is 670 Å². The van der Waals surface area contributed by atoms with Gasteiger partial charge in [0.05, 0.1) is 6.42 Å². The minimum absolute atomic E-state index is 0.00443. The molecule has 0 spiro atoms. The molecule has 113 heavy (non-hydrogen) atoms. The van der Waals surface area contributed by atoms with E-state index < -0.39 is 186 Å². The number of hydrogen-bond acceptors (Lipinski definition) is 19. The second-order valence-corrected chi connectivity index (χ2v) is 31.8. The van der Waals surface area contributed by atoms with Crippen LogP contribution in [0, 0.1) is 35.5 Å². The molecular formula is C78H145N19O16. The van der Waals surface area contributed by atoms with Gasteiger partial charge in [0.2, 0.25) is 94.5 Å². The fraction of sp³-hybridized carbons (Fsp3) is 0.795. The van der Waals surface area contributed by atoms with E-state index in [0.717, 1.165) is 25.7 Å². The lowest BCUT2D eigenvalue weighted by atomic mass is 9.96. The number of primary amides is 2. The summed E-state index contributed by atoms with van der Waals surface area (Å²) in [6.45, 7) is 29.9. The zero-order valence-corrected chi connectivity index (χ0v) is 70.6. The number of nitrogens with two attached hydrogens (primary N) is 5. The van der Waals surface area contributed by atoms with Gasteiger partial charge in [-0.3, -0.25) is 76.7 Å². The van der Waals surface area contributed by atoms with Crippen LogP contribution in [0.25, 0.3) is 0 Å². The molecule has 0 heterocycles. The van der Waals surface area contributed by atoms with Crippen molar-refractivity contribution in [1.29, 1.82) is 0 Å². The van der Waals surface area contributed by atoms with Crippen molar-refractivity contribution in [1.82, 2.24) is 74.4 Å². The van der Waals surface area contributed by atoms with Gasteiger partial charge in [-0.25, -0.2) is 0 Å². The van der Waals surface area contributed by atoms with Crippen LogP contribution in [0.5, 0.6) is 0 Å². The molecule has 24 N–H and O–H groups in total. The second kappa shape index (κ2) is 56.6. The molecule has 0 aromatic rings. The molecule has 35 heteroatoms. The summed E-state index contributed by atoms with van der Waals surface area (Å²) >= 11 is 0. The van der Waals surface area contributed by atoms with Gasteiger partial charge in [-0.2, -0.15) is 0 Å². The third-order valence-corrected chi connectivity index (χ3v) is 19.3. The van der Waals surface area contributed by atoms with E-state index in [1.54, 1.807) is 55.4 Å². The number of amides is 16. The van der Waals surface area contributed by atoms with Crippen molar-refractivity contribution >= 4 is 94.5 Å². The smallest absolute Gasteiger partial charge is 0.243 e. The van der Waals surface area contributed by atoms with E-state index in [4.69, 9.17) is 28.7 Å². The highest BCUT2D eigenvalue weighted by atomic mass is 16.2. The van der Waals surface area contributed by atoms with Crippen LogP contribution in [-0.2, 0) is 76.7 Å². The molecule has 0 aliphatic heterocycles. The van der Waals surface area contributed by atoms with Gasteiger partial charge in [-0.1, -0.05) is 129 Å². The van der Waals surface area contributed by atoms with Crippen LogP contribution in [0.1, 0.15) is 259 Å². The third kappa shape index (κ3) is 42.9. The number of carbonyl (C=O) groups excluding carboxylic acids is 16. The molecule has 0 bridgehead atoms. The van der Waals surface area contributed by atoms with Crippen LogP contribution in [0.2, 0.25) is 0 Å². The Morgan fingerprint density at radius 3 is 0.876 bits per heavy atom. The second-order valence-electron chi connectivity index (χ2n) is 31.8. The number of unbranched alkanes of at least 4 members (excludes halogenated alkanes) is 7. The van der Waals surface area contributed by atoms with Crippen molar-refractivity contribution in [2.75, 3.05) is 19.6 Å². The lowest BCUT2D eigenvalue weighted by Gasteiger charge is -2.29. The fourth-order valence-corrected chi connectivity index (χ4v) is 12.1. The summed E-state index contributed by atoms with van der Waals surface area (Å²) in [5.74, 6) is -13.7. The van der Waals surface area contributed by atoms with Gasteiger partial charge in [0.15, 0.2) is 0 Å². The molecule has 0 aliphatic rings. The highest BCUT2D eigenvalue weighted by molar-refractivity contribution is 6.01. The Morgan fingerprint density at radius 2 is 0.531 bits per heavy atom. The van der Waals surface area contributed by atoms with E-state index in [9.17, 15) is 76.7 Å². The molecule has 35 nitrogen and oxygen atoms in total. The summed E-state index contributed by atoms with van der Waals surface area (Å²) in [6.07, 6.45) is 8.07. The maximum atomic E-state index is 14.3. The first-order chi connectivity index (χ1) is 53.0. The van der Waals surface area contributed by atoms with Crippen molar-refractivity contribution in [2.45, 2.75) is 344 Å². The molecule has 0 saturated heterocycles. The molecule has 0 aliphatic carbocycles. The van der Waals surface area contributed by atoms with Crippen molar-refractivity contribution in [3.8, 4) is 0 Å². The van der Waals surface area contributed by atoms with Gasteiger partial charge in [0.1, 0.15) is 84.6 Å². The highest BCUT2D eigenvalue weighted by Gasteiger charge is 2.38. The molecule has 0 fully saturated rings. The van der Waals surface area contributed by atoms with Gasteiger partial charge in [-0.15, -0.1) is 0 Å². The van der Waals surface area contributed by atoms with Crippen molar-refractivity contribution in [3.63, 3.8) is 0 Å². The van der Waals surface area contributed by atoms with Gasteiger partial charge < -0.3 is 103 Å². The minimum Gasteiger partial charge on any atom is -0.370 e. The summed E-state index contributed by atoms with van der Waals surface area (Å²) in [5, 5.41) is 37.1. The topological polar surface area (TPSA) is 572 Å². The van der Waals surface area contributed by atoms with E-state index >= 15 is 0 Å². The molecule has 0 aromatic carbocycles. The standard InChI is InChI=1S/C78H145N19O16/c1-18-21-22-23-24-34-62(99)96-63(47(12)19-2)77(112)95-60(42-61(82)98)76(111)94-59(41-46(10)11)75(110)90-53(31-25-28-35-79)70(105)85-52(17)69(104)93-57(39-44(6)7)73(108)86-49(14)66(101)84-50(15)68(103)92-58(40-45(8)9)74(109)87-51(16)67(102)88-54(32-26-29-36-80)71(106)89-55(33-27-30-37-81)72(107)97-64(48(13)20-3)78(113)91-56(65(83)100)38-43(4)5/h43-60,63-64H,18-42,79-81H2,1-17H3,(H2,82,98)(H2,83,100)(H,84,101)(H,85,105)(H,86,108)(H,87,109)(H,88,102)(H,89,106)(H,90,110)(H,91,113)(H,92,103)(H,93,104)(H,94,111)(H,95,112)(H,96,99)(H,97,107)/t47-,48-,49-,50-,51-,52-,53-,54-,55-,56-,57-,58-,59-,60-,63-,64-/m0/s1. The predicted octanol–water partition coefficient (Wildman–Crippen LogP) is 0.238. The first-order valence-corrected chi connectivity index (χ1v) is 40.9. The lowest BCUT2D eigenvalue weighted by Crippen LogP contribution is -2.60. The molecule has 648 valence electrons. The highest BCUT2D eigenvalue weighted by Crippen LogP contribution is 2.17. The van der Waals surface area contributed by atoms with E-state index in [0.29, 0.717) is 57.8 Å². The van der Waals surface area contributed by atoms with Crippen molar-refractivity contribution < 1.29 is 76.7 Å². The number of rotatable bonds is 60.